The lowest BCUT2D eigenvalue weighted by Crippen LogP contribution is -1.91. The largest absolute Gasteiger partial charge is 0.492 e. The first-order chi connectivity index (χ1) is 5.27. The summed E-state index contributed by atoms with van der Waals surface area (Å²) >= 11 is 5.68. The van der Waals surface area contributed by atoms with Crippen molar-refractivity contribution in [3.63, 3.8) is 0 Å². The second-order valence-corrected chi connectivity index (χ2v) is 2.15. The van der Waals surface area contributed by atoms with E-state index in [0.29, 0.717) is 16.7 Å². The number of hydrogen-bond acceptors (Lipinski definition) is 3. The minimum Gasteiger partial charge on any atom is -0.492 e. The Kier molecular flexibility index (Phi) is 2.44. The summed E-state index contributed by atoms with van der Waals surface area (Å²) < 4.78 is 4.85. The Hall–Kier alpha value is -1.09. The molecule has 0 N–H and O–H groups in total. The van der Waals surface area contributed by atoms with Gasteiger partial charge in [-0.25, -0.2) is 9.97 Å². The maximum Gasteiger partial charge on any atom is 0.175 e. The van der Waals surface area contributed by atoms with Crippen LogP contribution >= 0.6 is 11.6 Å². The van der Waals surface area contributed by atoms with E-state index in [0.717, 1.165) is 0 Å². The van der Waals surface area contributed by atoms with Gasteiger partial charge >= 0.3 is 0 Å². The first-order valence-electron chi connectivity index (χ1n) is 2.97. The fourth-order valence-corrected chi connectivity index (χ4v) is 0.810. The molecule has 0 radical (unpaired) electrons. The summed E-state index contributed by atoms with van der Waals surface area (Å²) in [6, 6.07) is 0. The van der Waals surface area contributed by atoms with Crippen molar-refractivity contribution >= 4 is 17.7 Å². The molecule has 0 spiro atoms. The smallest absolute Gasteiger partial charge is 0.175 e. The Morgan fingerprint density at radius 2 is 2.45 bits per heavy atom. The van der Waals surface area contributed by atoms with Crippen LogP contribution in [0.4, 0.5) is 0 Å². The Bertz CT molecular complexity index is 275. The average molecular weight is 171 g/mol. The lowest BCUT2D eigenvalue weighted by Gasteiger charge is -2.00. The summed E-state index contributed by atoms with van der Waals surface area (Å²) in [6.07, 6.45) is 3.03. The molecule has 0 bridgehead atoms. The summed E-state index contributed by atoms with van der Waals surface area (Å²) in [6.45, 7) is 3.50. The summed E-state index contributed by atoms with van der Waals surface area (Å²) in [5, 5.41) is 0.303. The van der Waals surface area contributed by atoms with Crippen LogP contribution in [0.5, 0.6) is 5.75 Å². The van der Waals surface area contributed by atoms with Crippen molar-refractivity contribution in [1.29, 1.82) is 0 Å². The Balaban J connectivity index is 3.09. The zero-order valence-electron chi connectivity index (χ0n) is 6.04. The fraction of sp³-hybridized carbons (Fsp3) is 0.143. The van der Waals surface area contributed by atoms with Gasteiger partial charge in [-0.3, -0.25) is 0 Å². The van der Waals surface area contributed by atoms with E-state index < -0.39 is 0 Å². The molecule has 0 atom stereocenters. The molecule has 0 aliphatic heterocycles. The quantitative estimate of drug-likeness (QED) is 0.635. The Morgan fingerprint density at radius 3 is 2.91 bits per heavy atom. The van der Waals surface area contributed by atoms with E-state index in [1.807, 2.05) is 0 Å². The van der Waals surface area contributed by atoms with E-state index in [2.05, 4.69) is 16.5 Å². The number of nitrogens with zero attached hydrogens (tertiary/aromatic N) is 2. The lowest BCUT2D eigenvalue weighted by molar-refractivity contribution is 0.411. The average Bonchev–Trinajstić information content (AvgIpc) is 2.04. The van der Waals surface area contributed by atoms with E-state index in [4.69, 9.17) is 16.3 Å². The molecule has 3 nitrogen and oxygen atoms in total. The van der Waals surface area contributed by atoms with Crippen LogP contribution in [-0.2, 0) is 0 Å². The van der Waals surface area contributed by atoms with E-state index >= 15 is 0 Å². The van der Waals surface area contributed by atoms with Crippen LogP contribution in [0.3, 0.4) is 0 Å². The number of hydrogen-bond donors (Lipinski definition) is 0. The van der Waals surface area contributed by atoms with Crippen LogP contribution in [0.2, 0.25) is 5.15 Å². The van der Waals surface area contributed by atoms with Gasteiger partial charge in [-0.05, 0) is 6.08 Å². The highest BCUT2D eigenvalue weighted by Crippen LogP contribution is 2.19. The van der Waals surface area contributed by atoms with Gasteiger partial charge in [0.05, 0.1) is 13.3 Å². The zero-order chi connectivity index (χ0) is 8.27. The number of halogens is 1. The fourth-order valence-electron chi connectivity index (χ4n) is 0.598. The molecule has 1 rings (SSSR count). The van der Waals surface area contributed by atoms with Gasteiger partial charge in [0, 0.05) is 0 Å². The van der Waals surface area contributed by atoms with Crippen molar-refractivity contribution in [1.82, 2.24) is 9.97 Å². The van der Waals surface area contributed by atoms with Crippen LogP contribution in [0.25, 0.3) is 6.08 Å². The maximum absolute atomic E-state index is 5.68. The molecule has 0 saturated carbocycles. The van der Waals surface area contributed by atoms with Crippen molar-refractivity contribution in [2.75, 3.05) is 7.11 Å². The normalized spacial score (nSPS) is 9.27. The van der Waals surface area contributed by atoms with Crippen molar-refractivity contribution in [2.45, 2.75) is 0 Å². The van der Waals surface area contributed by atoms with Gasteiger partial charge in [0.2, 0.25) is 0 Å². The van der Waals surface area contributed by atoms with E-state index in [-0.39, 0.29) is 0 Å². The van der Waals surface area contributed by atoms with E-state index in [1.165, 1.54) is 19.4 Å². The second kappa shape index (κ2) is 3.34. The first kappa shape index (κ1) is 8.01. The predicted molar refractivity (Wildman–Crippen MR) is 43.7 cm³/mol. The van der Waals surface area contributed by atoms with Crippen LogP contribution in [0.1, 0.15) is 5.82 Å². The van der Waals surface area contributed by atoms with Crippen molar-refractivity contribution < 1.29 is 4.74 Å². The van der Waals surface area contributed by atoms with Crippen LogP contribution in [0.15, 0.2) is 12.8 Å². The van der Waals surface area contributed by atoms with Gasteiger partial charge in [0.15, 0.2) is 16.7 Å². The van der Waals surface area contributed by atoms with Crippen LogP contribution in [0, 0.1) is 0 Å². The highest BCUT2D eigenvalue weighted by molar-refractivity contribution is 6.30. The monoisotopic (exact) mass is 170 g/mol. The Morgan fingerprint density at radius 1 is 1.73 bits per heavy atom. The van der Waals surface area contributed by atoms with Crippen LogP contribution < -0.4 is 4.74 Å². The first-order valence-corrected chi connectivity index (χ1v) is 3.34. The molecule has 4 heteroatoms. The predicted octanol–water partition coefficient (Wildman–Crippen LogP) is 1.78. The molecular weight excluding hydrogens is 164 g/mol. The highest BCUT2D eigenvalue weighted by atomic mass is 35.5. The SMILES string of the molecule is C=Cc1ncc(OC)c(Cl)n1. The third-order valence-electron chi connectivity index (χ3n) is 1.13. The maximum atomic E-state index is 5.68. The van der Waals surface area contributed by atoms with Crippen molar-refractivity contribution in [3.8, 4) is 5.75 Å². The minimum atomic E-state index is 0.303. The molecular formula is C7H7ClN2O. The zero-order valence-corrected chi connectivity index (χ0v) is 6.80. The summed E-state index contributed by atoms with van der Waals surface area (Å²) in [4.78, 5) is 7.76. The molecule has 0 aromatic carbocycles. The summed E-state index contributed by atoms with van der Waals surface area (Å²) in [7, 11) is 1.51. The van der Waals surface area contributed by atoms with Crippen molar-refractivity contribution in [3.05, 3.63) is 23.8 Å². The number of aromatic nitrogens is 2. The Labute approximate surface area is 69.7 Å². The van der Waals surface area contributed by atoms with Crippen molar-refractivity contribution in [2.24, 2.45) is 0 Å². The molecule has 0 aliphatic carbocycles. The van der Waals surface area contributed by atoms with Crippen LogP contribution in [-0.4, -0.2) is 17.1 Å². The summed E-state index contributed by atoms with van der Waals surface area (Å²) in [5.41, 5.74) is 0. The molecule has 0 amide bonds. The number of ether oxygens (including phenoxy) is 1. The molecule has 0 aliphatic rings. The van der Waals surface area contributed by atoms with Gasteiger partial charge in [0.25, 0.3) is 0 Å². The number of methoxy groups -OCH3 is 1. The van der Waals surface area contributed by atoms with E-state index in [9.17, 15) is 0 Å². The molecule has 0 fully saturated rings. The minimum absolute atomic E-state index is 0.303. The lowest BCUT2D eigenvalue weighted by atomic mass is 10.5. The number of rotatable bonds is 2. The van der Waals surface area contributed by atoms with Gasteiger partial charge in [-0.1, -0.05) is 18.2 Å². The van der Waals surface area contributed by atoms with Gasteiger partial charge in [-0.15, -0.1) is 0 Å². The second-order valence-electron chi connectivity index (χ2n) is 1.79. The molecule has 1 aromatic heterocycles. The summed E-state index contributed by atoms with van der Waals surface area (Å²) in [5.74, 6) is 0.966. The molecule has 1 aromatic rings. The standard InChI is InChI=1S/C7H7ClN2O/c1-3-6-9-4-5(11-2)7(8)10-6/h3-4H,1H2,2H3. The molecule has 1 heterocycles. The molecule has 0 unspecified atom stereocenters. The molecule has 11 heavy (non-hydrogen) atoms. The topological polar surface area (TPSA) is 35.0 Å². The van der Waals surface area contributed by atoms with Gasteiger partial charge < -0.3 is 4.74 Å². The third kappa shape index (κ3) is 1.68. The third-order valence-corrected chi connectivity index (χ3v) is 1.40. The van der Waals surface area contributed by atoms with E-state index in [1.54, 1.807) is 0 Å². The molecule has 58 valence electrons. The highest BCUT2D eigenvalue weighted by Gasteiger charge is 2.01. The molecule has 0 saturated heterocycles. The van der Waals surface area contributed by atoms with Gasteiger partial charge in [0.1, 0.15) is 0 Å². The van der Waals surface area contributed by atoms with Gasteiger partial charge in [-0.2, -0.15) is 0 Å².